The van der Waals surface area contributed by atoms with Crippen molar-refractivity contribution in [1.29, 1.82) is 0 Å². The molecule has 1 fully saturated rings. The van der Waals surface area contributed by atoms with Crippen molar-refractivity contribution >= 4 is 5.97 Å². The van der Waals surface area contributed by atoms with Gasteiger partial charge < -0.3 is 18.7 Å². The molecule has 0 amide bonds. The van der Waals surface area contributed by atoms with E-state index in [2.05, 4.69) is 10.1 Å². The molecular weight excluding hydrogens is 264 g/mol. The predicted molar refractivity (Wildman–Crippen MR) is 67.9 cm³/mol. The van der Waals surface area contributed by atoms with E-state index in [0.717, 1.165) is 19.4 Å². The van der Waals surface area contributed by atoms with Gasteiger partial charge >= 0.3 is 5.97 Å². The Morgan fingerprint density at radius 3 is 2.90 bits per heavy atom. The van der Waals surface area contributed by atoms with Crippen molar-refractivity contribution in [3.63, 3.8) is 0 Å². The van der Waals surface area contributed by atoms with E-state index >= 15 is 0 Å². The number of hydrogen-bond acceptors (Lipinski definition) is 7. The highest BCUT2D eigenvalue weighted by Crippen LogP contribution is 2.17. The van der Waals surface area contributed by atoms with Gasteiger partial charge in [0.25, 0.3) is 5.89 Å². The zero-order valence-electron chi connectivity index (χ0n) is 12.0. The van der Waals surface area contributed by atoms with Gasteiger partial charge in [0.1, 0.15) is 0 Å². The molecule has 1 aromatic rings. The van der Waals surface area contributed by atoms with E-state index in [1.54, 1.807) is 20.8 Å². The molecule has 0 bridgehead atoms. The smallest absolute Gasteiger partial charge is 0.335 e. The third-order valence-corrected chi connectivity index (χ3v) is 3.07. The van der Waals surface area contributed by atoms with Crippen LogP contribution in [-0.2, 0) is 19.0 Å². The molecule has 7 nitrogen and oxygen atoms in total. The van der Waals surface area contributed by atoms with Crippen LogP contribution in [0.25, 0.3) is 0 Å². The molecule has 0 N–H and O–H groups in total. The van der Waals surface area contributed by atoms with E-state index in [4.69, 9.17) is 18.7 Å². The van der Waals surface area contributed by atoms with Crippen LogP contribution in [0, 0.1) is 6.92 Å². The Bertz CT molecular complexity index is 442. The fraction of sp³-hybridized carbons (Fsp3) is 0.769. The minimum Gasteiger partial charge on any atom is -0.451 e. The number of ether oxygens (including phenoxy) is 3. The highest BCUT2D eigenvalue weighted by molar-refractivity contribution is 5.74. The summed E-state index contributed by atoms with van der Waals surface area (Å²) in [4.78, 5) is 15.9. The Labute approximate surface area is 117 Å². The molecule has 1 saturated heterocycles. The van der Waals surface area contributed by atoms with E-state index in [0.29, 0.717) is 12.4 Å². The highest BCUT2D eigenvalue weighted by atomic mass is 16.6. The first-order chi connectivity index (χ1) is 9.56. The van der Waals surface area contributed by atoms with Gasteiger partial charge in [-0.15, -0.1) is 0 Å². The van der Waals surface area contributed by atoms with Crippen LogP contribution in [-0.4, -0.2) is 41.5 Å². The molecule has 3 atom stereocenters. The third kappa shape index (κ3) is 4.01. The summed E-state index contributed by atoms with van der Waals surface area (Å²) in [7, 11) is 0. The predicted octanol–water partition coefficient (Wildman–Crippen LogP) is 1.57. The number of esters is 1. The van der Waals surface area contributed by atoms with Crippen molar-refractivity contribution in [3.05, 3.63) is 11.7 Å². The van der Waals surface area contributed by atoms with Crippen molar-refractivity contribution in [2.75, 3.05) is 13.2 Å². The van der Waals surface area contributed by atoms with Gasteiger partial charge in [0.2, 0.25) is 0 Å². The van der Waals surface area contributed by atoms with Gasteiger partial charge in [-0.25, -0.2) is 4.79 Å². The lowest BCUT2D eigenvalue weighted by molar-refractivity contribution is -0.164. The summed E-state index contributed by atoms with van der Waals surface area (Å²) in [5.41, 5.74) is 0. The van der Waals surface area contributed by atoms with E-state index in [1.165, 1.54) is 0 Å². The molecule has 0 aromatic carbocycles. The molecule has 3 unspecified atom stereocenters. The fourth-order valence-electron chi connectivity index (χ4n) is 1.89. The molecule has 1 aliphatic rings. The first kappa shape index (κ1) is 14.9. The first-order valence-electron chi connectivity index (χ1n) is 6.80. The molecule has 1 aromatic heterocycles. The molecule has 7 heteroatoms. The van der Waals surface area contributed by atoms with Crippen LogP contribution in [0.15, 0.2) is 4.52 Å². The molecular formula is C13H20N2O5. The zero-order chi connectivity index (χ0) is 14.5. The summed E-state index contributed by atoms with van der Waals surface area (Å²) in [6, 6.07) is 0. The lowest BCUT2D eigenvalue weighted by Gasteiger charge is -2.17. The Morgan fingerprint density at radius 2 is 2.30 bits per heavy atom. The fourth-order valence-corrected chi connectivity index (χ4v) is 1.89. The molecule has 0 aliphatic carbocycles. The number of carbonyl (C=O) groups excluding carboxylic acids is 1. The van der Waals surface area contributed by atoms with Crippen LogP contribution in [0.4, 0.5) is 0 Å². The van der Waals surface area contributed by atoms with Crippen LogP contribution in [0.1, 0.15) is 44.5 Å². The summed E-state index contributed by atoms with van der Waals surface area (Å²) in [6.45, 7) is 6.21. The summed E-state index contributed by atoms with van der Waals surface area (Å²) < 4.78 is 21.1. The number of carbonyl (C=O) groups is 1. The molecule has 112 valence electrons. The van der Waals surface area contributed by atoms with E-state index in [9.17, 15) is 4.79 Å². The van der Waals surface area contributed by atoms with E-state index in [1.807, 2.05) is 0 Å². The number of aromatic nitrogens is 2. The SMILES string of the molecule is Cc1noc(C(C)OC(=O)C(C)OCC2CCCO2)n1. The van der Waals surface area contributed by atoms with Crippen molar-refractivity contribution < 1.29 is 23.5 Å². The maximum absolute atomic E-state index is 11.9. The third-order valence-electron chi connectivity index (χ3n) is 3.07. The number of aryl methyl sites for hydroxylation is 1. The van der Waals surface area contributed by atoms with E-state index in [-0.39, 0.29) is 12.0 Å². The zero-order valence-corrected chi connectivity index (χ0v) is 12.0. The molecule has 1 aliphatic heterocycles. The van der Waals surface area contributed by atoms with Crippen molar-refractivity contribution in [2.24, 2.45) is 0 Å². The summed E-state index contributed by atoms with van der Waals surface area (Å²) in [5, 5.41) is 3.65. The van der Waals surface area contributed by atoms with Crippen LogP contribution in [0.5, 0.6) is 0 Å². The van der Waals surface area contributed by atoms with Gasteiger partial charge in [0.15, 0.2) is 18.0 Å². The quantitative estimate of drug-likeness (QED) is 0.733. The minimum absolute atomic E-state index is 0.0845. The standard InChI is InChI=1S/C13H20N2O5/c1-8(12-14-10(3)15-20-12)19-13(16)9(2)18-7-11-5-4-6-17-11/h8-9,11H,4-7H2,1-3H3. The first-order valence-corrected chi connectivity index (χ1v) is 6.80. The summed E-state index contributed by atoms with van der Waals surface area (Å²) >= 11 is 0. The lowest BCUT2D eigenvalue weighted by atomic mass is 10.2. The lowest BCUT2D eigenvalue weighted by Crippen LogP contribution is -2.28. The summed E-state index contributed by atoms with van der Waals surface area (Å²) in [5.74, 6) is 0.333. The average Bonchev–Trinajstić information content (AvgIpc) is 3.06. The number of rotatable bonds is 6. The molecule has 0 radical (unpaired) electrons. The van der Waals surface area contributed by atoms with Gasteiger partial charge in [0, 0.05) is 6.61 Å². The maximum atomic E-state index is 11.9. The van der Waals surface area contributed by atoms with E-state index < -0.39 is 18.2 Å². The second-order valence-corrected chi connectivity index (χ2v) is 4.87. The minimum atomic E-state index is -0.648. The van der Waals surface area contributed by atoms with Gasteiger partial charge in [-0.3, -0.25) is 0 Å². The normalized spacial score (nSPS) is 21.6. The Balaban J connectivity index is 1.75. The Kier molecular flexibility index (Phi) is 5.08. The van der Waals surface area contributed by atoms with Gasteiger partial charge in [-0.05, 0) is 33.6 Å². The van der Waals surface area contributed by atoms with Crippen molar-refractivity contribution in [1.82, 2.24) is 10.1 Å². The topological polar surface area (TPSA) is 83.7 Å². The second kappa shape index (κ2) is 6.81. The monoisotopic (exact) mass is 284 g/mol. The molecule has 2 heterocycles. The van der Waals surface area contributed by atoms with Crippen LogP contribution >= 0.6 is 0 Å². The Hall–Kier alpha value is -1.47. The Morgan fingerprint density at radius 1 is 1.50 bits per heavy atom. The van der Waals surface area contributed by atoms with Crippen LogP contribution in [0.2, 0.25) is 0 Å². The van der Waals surface area contributed by atoms with Gasteiger partial charge in [-0.1, -0.05) is 5.16 Å². The van der Waals surface area contributed by atoms with Gasteiger partial charge in [-0.2, -0.15) is 4.98 Å². The summed E-state index contributed by atoms with van der Waals surface area (Å²) in [6.07, 6.45) is 0.865. The highest BCUT2D eigenvalue weighted by Gasteiger charge is 2.24. The molecule has 0 saturated carbocycles. The van der Waals surface area contributed by atoms with Crippen LogP contribution in [0.3, 0.4) is 0 Å². The largest absolute Gasteiger partial charge is 0.451 e. The number of nitrogens with zero attached hydrogens (tertiary/aromatic N) is 2. The molecule has 0 spiro atoms. The van der Waals surface area contributed by atoms with Crippen molar-refractivity contribution in [3.8, 4) is 0 Å². The number of hydrogen-bond donors (Lipinski definition) is 0. The average molecular weight is 284 g/mol. The van der Waals surface area contributed by atoms with Gasteiger partial charge in [0.05, 0.1) is 12.7 Å². The second-order valence-electron chi connectivity index (χ2n) is 4.87. The molecule has 2 rings (SSSR count). The van der Waals surface area contributed by atoms with Crippen LogP contribution < -0.4 is 0 Å². The van der Waals surface area contributed by atoms with Crippen molar-refractivity contribution in [2.45, 2.75) is 51.9 Å². The molecule has 20 heavy (non-hydrogen) atoms. The maximum Gasteiger partial charge on any atom is 0.335 e.